The van der Waals surface area contributed by atoms with E-state index in [-0.39, 0.29) is 25.3 Å². The van der Waals surface area contributed by atoms with Crippen LogP contribution in [0, 0.1) is 10.1 Å². The SMILES string of the molecule is CS(=O)(=O)N1CCCN(c2ccc(C(F)(F)F)cc2[N+](=O)[O-])CC1. The summed E-state index contributed by atoms with van der Waals surface area (Å²) in [5.74, 6) is 0. The topological polar surface area (TPSA) is 83.8 Å². The summed E-state index contributed by atoms with van der Waals surface area (Å²) >= 11 is 0. The maximum atomic E-state index is 12.7. The van der Waals surface area contributed by atoms with Crippen LogP contribution in [0.5, 0.6) is 0 Å². The number of alkyl halides is 3. The number of hydrogen-bond acceptors (Lipinski definition) is 5. The predicted octanol–water partition coefficient (Wildman–Crippen LogP) is 2.09. The second-order valence-corrected chi connectivity index (χ2v) is 7.44. The van der Waals surface area contributed by atoms with Gasteiger partial charge in [0.15, 0.2) is 0 Å². The Kier molecular flexibility index (Phi) is 5.04. The Balaban J connectivity index is 2.33. The molecule has 0 radical (unpaired) electrons. The maximum absolute atomic E-state index is 12.7. The Morgan fingerprint density at radius 3 is 2.38 bits per heavy atom. The van der Waals surface area contributed by atoms with Crippen LogP contribution in [-0.4, -0.2) is 50.1 Å². The zero-order valence-electron chi connectivity index (χ0n) is 12.8. The van der Waals surface area contributed by atoms with Crippen molar-refractivity contribution in [2.45, 2.75) is 12.6 Å². The number of sulfonamides is 1. The zero-order chi connectivity index (χ0) is 18.1. The van der Waals surface area contributed by atoms with Gasteiger partial charge in [-0.3, -0.25) is 10.1 Å². The Hall–Kier alpha value is -1.88. The van der Waals surface area contributed by atoms with E-state index in [1.54, 1.807) is 4.90 Å². The van der Waals surface area contributed by atoms with Crippen molar-refractivity contribution in [1.82, 2.24) is 4.31 Å². The van der Waals surface area contributed by atoms with Crippen LogP contribution in [0.1, 0.15) is 12.0 Å². The highest BCUT2D eigenvalue weighted by Crippen LogP contribution is 2.36. The quantitative estimate of drug-likeness (QED) is 0.603. The third-order valence-electron chi connectivity index (χ3n) is 3.76. The lowest BCUT2D eigenvalue weighted by Crippen LogP contribution is -2.34. The van der Waals surface area contributed by atoms with E-state index in [0.717, 1.165) is 18.4 Å². The molecule has 1 aromatic rings. The minimum atomic E-state index is -4.67. The monoisotopic (exact) mass is 367 g/mol. The van der Waals surface area contributed by atoms with E-state index in [4.69, 9.17) is 0 Å². The van der Waals surface area contributed by atoms with Gasteiger partial charge in [0.2, 0.25) is 10.0 Å². The van der Waals surface area contributed by atoms with Crippen molar-refractivity contribution in [3.8, 4) is 0 Å². The third-order valence-corrected chi connectivity index (χ3v) is 5.07. The maximum Gasteiger partial charge on any atom is 0.416 e. The van der Waals surface area contributed by atoms with Gasteiger partial charge >= 0.3 is 6.18 Å². The fraction of sp³-hybridized carbons (Fsp3) is 0.538. The first-order valence-electron chi connectivity index (χ1n) is 7.06. The van der Waals surface area contributed by atoms with Gasteiger partial charge in [0.05, 0.1) is 16.7 Å². The molecule has 24 heavy (non-hydrogen) atoms. The van der Waals surface area contributed by atoms with Gasteiger partial charge in [0.1, 0.15) is 5.69 Å². The first kappa shape index (κ1) is 18.5. The van der Waals surface area contributed by atoms with Crippen molar-refractivity contribution >= 4 is 21.4 Å². The molecule has 0 aromatic heterocycles. The summed E-state index contributed by atoms with van der Waals surface area (Å²) in [5, 5.41) is 11.2. The fourth-order valence-corrected chi connectivity index (χ4v) is 3.45. The lowest BCUT2D eigenvalue weighted by atomic mass is 10.1. The molecule has 1 aliphatic rings. The summed E-state index contributed by atoms with van der Waals surface area (Å²) in [5.41, 5.74) is -1.67. The number of benzene rings is 1. The summed E-state index contributed by atoms with van der Waals surface area (Å²) in [7, 11) is -3.38. The van der Waals surface area contributed by atoms with Crippen LogP contribution in [0.4, 0.5) is 24.5 Å². The predicted molar refractivity (Wildman–Crippen MR) is 81.3 cm³/mol. The molecule has 134 valence electrons. The Bertz CT molecular complexity index is 736. The minimum absolute atomic E-state index is 0.0587. The zero-order valence-corrected chi connectivity index (χ0v) is 13.6. The fourth-order valence-electron chi connectivity index (χ4n) is 2.58. The van der Waals surface area contributed by atoms with Crippen LogP contribution < -0.4 is 4.90 Å². The van der Waals surface area contributed by atoms with Crippen LogP contribution in [-0.2, 0) is 16.2 Å². The molecule has 1 saturated heterocycles. The van der Waals surface area contributed by atoms with E-state index in [9.17, 15) is 31.7 Å². The lowest BCUT2D eigenvalue weighted by Gasteiger charge is -2.23. The number of hydrogen-bond donors (Lipinski definition) is 0. The smallest absolute Gasteiger partial charge is 0.365 e. The second-order valence-electron chi connectivity index (χ2n) is 5.46. The van der Waals surface area contributed by atoms with Crippen LogP contribution in [0.3, 0.4) is 0 Å². The van der Waals surface area contributed by atoms with Crippen LogP contribution in [0.25, 0.3) is 0 Å². The largest absolute Gasteiger partial charge is 0.416 e. The van der Waals surface area contributed by atoms with Gasteiger partial charge < -0.3 is 4.90 Å². The molecule has 0 N–H and O–H groups in total. The second kappa shape index (κ2) is 6.55. The molecule has 0 bridgehead atoms. The highest BCUT2D eigenvalue weighted by molar-refractivity contribution is 7.88. The summed E-state index contributed by atoms with van der Waals surface area (Å²) < 4.78 is 62.7. The van der Waals surface area contributed by atoms with E-state index < -0.39 is 32.4 Å². The number of rotatable bonds is 3. The highest BCUT2D eigenvalue weighted by Gasteiger charge is 2.34. The standard InChI is InChI=1S/C13H16F3N3O4S/c1-24(22,23)18-6-2-5-17(7-8-18)11-4-3-10(13(14,15)16)9-12(11)19(20)21/h3-4,9H,2,5-8H2,1H3. The molecule has 0 saturated carbocycles. The van der Waals surface area contributed by atoms with Crippen molar-refractivity contribution in [1.29, 1.82) is 0 Å². The number of nitro benzene ring substituents is 1. The van der Waals surface area contributed by atoms with Gasteiger partial charge in [-0.25, -0.2) is 12.7 Å². The summed E-state index contributed by atoms with van der Waals surface area (Å²) in [6, 6.07) is 2.37. The molecule has 0 aliphatic carbocycles. The first-order valence-corrected chi connectivity index (χ1v) is 8.90. The normalized spacial score (nSPS) is 17.6. The minimum Gasteiger partial charge on any atom is -0.365 e. The average Bonchev–Trinajstić information content (AvgIpc) is 2.71. The van der Waals surface area contributed by atoms with E-state index in [1.807, 2.05) is 0 Å². The summed E-state index contributed by atoms with van der Waals surface area (Å²) in [6.45, 7) is 0.873. The Morgan fingerprint density at radius 2 is 1.83 bits per heavy atom. The van der Waals surface area contributed by atoms with Crippen molar-refractivity contribution in [3.63, 3.8) is 0 Å². The molecule has 7 nitrogen and oxygen atoms in total. The van der Waals surface area contributed by atoms with Gasteiger partial charge in [-0.1, -0.05) is 0 Å². The molecule has 1 fully saturated rings. The van der Waals surface area contributed by atoms with Crippen molar-refractivity contribution in [2.75, 3.05) is 37.3 Å². The van der Waals surface area contributed by atoms with E-state index >= 15 is 0 Å². The average molecular weight is 367 g/mol. The van der Waals surface area contributed by atoms with E-state index in [2.05, 4.69) is 0 Å². The third kappa shape index (κ3) is 4.15. The van der Waals surface area contributed by atoms with Crippen molar-refractivity contribution < 1.29 is 26.5 Å². The summed E-state index contributed by atoms with van der Waals surface area (Å²) in [4.78, 5) is 11.8. The number of nitrogens with zero attached hydrogens (tertiary/aromatic N) is 3. The molecule has 0 unspecified atom stereocenters. The molecule has 11 heteroatoms. The number of anilines is 1. The van der Waals surface area contributed by atoms with Crippen LogP contribution >= 0.6 is 0 Å². The van der Waals surface area contributed by atoms with Gasteiger partial charge in [-0.15, -0.1) is 0 Å². The van der Waals surface area contributed by atoms with Crippen molar-refractivity contribution in [3.05, 3.63) is 33.9 Å². The molecule has 0 spiro atoms. The van der Waals surface area contributed by atoms with E-state index in [0.29, 0.717) is 19.0 Å². The number of nitro groups is 1. The van der Waals surface area contributed by atoms with Crippen LogP contribution in [0.15, 0.2) is 18.2 Å². The molecular formula is C13H16F3N3O4S. The highest BCUT2D eigenvalue weighted by atomic mass is 32.2. The van der Waals surface area contributed by atoms with Gasteiger partial charge in [0.25, 0.3) is 5.69 Å². The van der Waals surface area contributed by atoms with Gasteiger partial charge in [-0.05, 0) is 18.6 Å². The van der Waals surface area contributed by atoms with Gasteiger partial charge in [0, 0.05) is 32.2 Å². The first-order chi connectivity index (χ1) is 11.0. The Labute approximate surface area is 136 Å². The molecule has 1 aromatic carbocycles. The number of halogens is 3. The Morgan fingerprint density at radius 1 is 1.17 bits per heavy atom. The summed E-state index contributed by atoms with van der Waals surface area (Å²) in [6.07, 6.45) is -3.18. The molecule has 2 rings (SSSR count). The molecular weight excluding hydrogens is 351 g/mol. The molecule has 0 atom stereocenters. The molecule has 1 aliphatic heterocycles. The molecule has 1 heterocycles. The van der Waals surface area contributed by atoms with Gasteiger partial charge in [-0.2, -0.15) is 13.2 Å². The van der Waals surface area contributed by atoms with E-state index in [1.165, 1.54) is 4.31 Å². The molecule has 0 amide bonds. The van der Waals surface area contributed by atoms with Crippen molar-refractivity contribution in [2.24, 2.45) is 0 Å². The lowest BCUT2D eigenvalue weighted by molar-refractivity contribution is -0.384. The van der Waals surface area contributed by atoms with Crippen LogP contribution in [0.2, 0.25) is 0 Å².